The maximum Gasteiger partial charge on any atom is 0.129 e. The van der Waals surface area contributed by atoms with Gasteiger partial charge < -0.3 is 15.9 Å². The van der Waals surface area contributed by atoms with E-state index >= 15 is 0 Å². The summed E-state index contributed by atoms with van der Waals surface area (Å²) in [6.45, 7) is 1.58. The molecule has 0 amide bonds. The highest BCUT2D eigenvalue weighted by Gasteiger charge is 2.20. The summed E-state index contributed by atoms with van der Waals surface area (Å²) in [4.78, 5) is 6.36. The molecule has 0 aliphatic carbocycles. The number of hydrogen-bond donors (Lipinski definition) is 3. The van der Waals surface area contributed by atoms with Gasteiger partial charge in [0.05, 0.1) is 12.6 Å². The van der Waals surface area contributed by atoms with Crippen molar-refractivity contribution in [3.05, 3.63) is 33.8 Å². The van der Waals surface area contributed by atoms with Gasteiger partial charge in [0.2, 0.25) is 0 Å². The molecule has 2 unspecified atom stereocenters. The fourth-order valence-electron chi connectivity index (χ4n) is 1.27. The van der Waals surface area contributed by atoms with Crippen LogP contribution < -0.4 is 5.73 Å². The lowest BCUT2D eigenvalue weighted by molar-refractivity contribution is 0.0246. The Bertz CT molecular complexity index is 416. The number of hydrogen-bond acceptors (Lipinski definition) is 5. The topological polar surface area (TPSA) is 128 Å². The molecule has 4 N–H and O–H groups in total. The first-order valence-corrected chi connectivity index (χ1v) is 4.65. The van der Waals surface area contributed by atoms with Crippen molar-refractivity contribution >= 4 is 5.82 Å². The third-order valence-corrected chi connectivity index (χ3v) is 2.10. The minimum absolute atomic E-state index is 0.151. The zero-order valence-corrected chi connectivity index (χ0v) is 8.78. The van der Waals surface area contributed by atoms with Crippen molar-refractivity contribution in [2.24, 2.45) is 5.11 Å². The molecular formula is C9H13N5O2. The van der Waals surface area contributed by atoms with Crippen molar-refractivity contribution in [2.75, 3.05) is 12.3 Å². The van der Waals surface area contributed by atoms with Crippen molar-refractivity contribution in [3.63, 3.8) is 0 Å². The predicted octanol–water partition coefficient (Wildman–Crippen LogP) is 0.677. The summed E-state index contributed by atoms with van der Waals surface area (Å²) in [6, 6.07) is 1.63. The molecule has 1 aromatic heterocycles. The SMILES string of the molecule is Cc1cnc(N)c(C(O)C(O)CN=[N+]=[N-])c1. The van der Waals surface area contributed by atoms with Crippen molar-refractivity contribution in [1.29, 1.82) is 0 Å². The van der Waals surface area contributed by atoms with E-state index in [2.05, 4.69) is 15.0 Å². The van der Waals surface area contributed by atoms with E-state index < -0.39 is 12.2 Å². The molecule has 0 bridgehead atoms. The van der Waals surface area contributed by atoms with Crippen molar-refractivity contribution in [3.8, 4) is 0 Å². The molecule has 0 saturated heterocycles. The molecule has 16 heavy (non-hydrogen) atoms. The minimum atomic E-state index is -1.21. The number of pyridine rings is 1. The van der Waals surface area contributed by atoms with Crippen LogP contribution in [0, 0.1) is 6.92 Å². The van der Waals surface area contributed by atoms with Gasteiger partial charge in [0.1, 0.15) is 11.9 Å². The number of aryl methyl sites for hydroxylation is 1. The van der Waals surface area contributed by atoms with E-state index in [1.165, 1.54) is 0 Å². The Morgan fingerprint density at radius 1 is 1.62 bits per heavy atom. The van der Waals surface area contributed by atoms with Gasteiger partial charge in [-0.15, -0.1) is 0 Å². The predicted molar refractivity (Wildman–Crippen MR) is 58.4 cm³/mol. The molecule has 1 aromatic rings. The molecule has 1 rings (SSSR count). The molecule has 7 nitrogen and oxygen atoms in total. The van der Waals surface area contributed by atoms with Crippen LogP contribution in [-0.4, -0.2) is 27.8 Å². The van der Waals surface area contributed by atoms with E-state index in [0.717, 1.165) is 5.56 Å². The quantitative estimate of drug-likeness (QED) is 0.393. The Labute approximate surface area is 92.2 Å². The van der Waals surface area contributed by atoms with Crippen LogP contribution in [0.3, 0.4) is 0 Å². The Balaban J connectivity index is 2.90. The molecule has 0 radical (unpaired) electrons. The normalized spacial score (nSPS) is 13.9. The van der Waals surface area contributed by atoms with Crippen molar-refractivity contribution in [2.45, 2.75) is 19.1 Å². The zero-order chi connectivity index (χ0) is 12.1. The Morgan fingerprint density at radius 3 is 2.94 bits per heavy atom. The molecular weight excluding hydrogens is 210 g/mol. The van der Waals surface area contributed by atoms with Gasteiger partial charge in [0, 0.05) is 16.7 Å². The van der Waals surface area contributed by atoms with Crippen LogP contribution in [0.5, 0.6) is 0 Å². The molecule has 0 aliphatic rings. The lowest BCUT2D eigenvalue weighted by atomic mass is 10.0. The van der Waals surface area contributed by atoms with Gasteiger partial charge in [0.15, 0.2) is 0 Å². The second kappa shape index (κ2) is 5.32. The van der Waals surface area contributed by atoms with Crippen LogP contribution in [-0.2, 0) is 0 Å². The van der Waals surface area contributed by atoms with Crippen LogP contribution in [0.4, 0.5) is 5.82 Å². The van der Waals surface area contributed by atoms with E-state index in [1.54, 1.807) is 19.2 Å². The van der Waals surface area contributed by atoms with Crippen molar-refractivity contribution < 1.29 is 10.2 Å². The number of azide groups is 1. The maximum absolute atomic E-state index is 9.77. The van der Waals surface area contributed by atoms with E-state index in [9.17, 15) is 10.2 Å². The van der Waals surface area contributed by atoms with E-state index in [-0.39, 0.29) is 12.4 Å². The van der Waals surface area contributed by atoms with Gasteiger partial charge in [-0.1, -0.05) is 5.11 Å². The maximum atomic E-state index is 9.77. The largest absolute Gasteiger partial charge is 0.390 e. The Hall–Kier alpha value is -1.82. The third kappa shape index (κ3) is 2.83. The summed E-state index contributed by atoms with van der Waals surface area (Å²) in [5, 5.41) is 22.5. The molecule has 86 valence electrons. The molecule has 0 spiro atoms. The number of aromatic nitrogens is 1. The van der Waals surface area contributed by atoms with Gasteiger partial charge in [0.25, 0.3) is 0 Å². The van der Waals surface area contributed by atoms with Crippen LogP contribution in [0.1, 0.15) is 17.2 Å². The smallest absolute Gasteiger partial charge is 0.129 e. The minimum Gasteiger partial charge on any atom is -0.390 e. The molecule has 0 aliphatic heterocycles. The van der Waals surface area contributed by atoms with Crippen LogP contribution in [0.2, 0.25) is 0 Å². The summed E-state index contributed by atoms with van der Waals surface area (Å²) in [5.74, 6) is 0.151. The number of nitrogen functional groups attached to an aromatic ring is 1. The highest BCUT2D eigenvalue weighted by atomic mass is 16.3. The fourth-order valence-corrected chi connectivity index (χ4v) is 1.27. The molecule has 1 heterocycles. The number of aliphatic hydroxyl groups is 2. The van der Waals surface area contributed by atoms with Crippen LogP contribution in [0.15, 0.2) is 17.4 Å². The second-order valence-corrected chi connectivity index (χ2v) is 3.41. The average Bonchev–Trinajstić information content (AvgIpc) is 2.28. The van der Waals surface area contributed by atoms with Gasteiger partial charge >= 0.3 is 0 Å². The van der Waals surface area contributed by atoms with E-state index in [1.807, 2.05) is 0 Å². The zero-order valence-electron chi connectivity index (χ0n) is 8.78. The van der Waals surface area contributed by atoms with Crippen LogP contribution in [0.25, 0.3) is 10.4 Å². The van der Waals surface area contributed by atoms with E-state index in [0.29, 0.717) is 5.56 Å². The molecule has 0 saturated carbocycles. The first-order valence-electron chi connectivity index (χ1n) is 4.65. The van der Waals surface area contributed by atoms with E-state index in [4.69, 9.17) is 11.3 Å². The van der Waals surface area contributed by atoms with Gasteiger partial charge in [-0.3, -0.25) is 0 Å². The van der Waals surface area contributed by atoms with Gasteiger partial charge in [-0.25, -0.2) is 4.98 Å². The highest BCUT2D eigenvalue weighted by Crippen LogP contribution is 2.22. The first kappa shape index (κ1) is 12.3. The number of nitrogens with two attached hydrogens (primary N) is 1. The molecule has 0 aromatic carbocycles. The average molecular weight is 223 g/mol. The molecule has 0 fully saturated rings. The number of anilines is 1. The second-order valence-electron chi connectivity index (χ2n) is 3.41. The number of rotatable bonds is 4. The summed E-state index contributed by atoms with van der Waals surface area (Å²) in [7, 11) is 0. The lowest BCUT2D eigenvalue weighted by Crippen LogP contribution is -2.22. The fraction of sp³-hybridized carbons (Fsp3) is 0.444. The van der Waals surface area contributed by atoms with Crippen molar-refractivity contribution in [1.82, 2.24) is 4.98 Å². The van der Waals surface area contributed by atoms with Gasteiger partial charge in [-0.05, 0) is 24.1 Å². The Kier molecular flexibility index (Phi) is 4.07. The Morgan fingerprint density at radius 2 is 2.31 bits per heavy atom. The first-order chi connectivity index (χ1) is 7.56. The number of nitrogens with zero attached hydrogens (tertiary/aromatic N) is 4. The van der Waals surface area contributed by atoms with Gasteiger partial charge in [-0.2, -0.15) is 0 Å². The van der Waals surface area contributed by atoms with Crippen LogP contribution >= 0.6 is 0 Å². The third-order valence-electron chi connectivity index (χ3n) is 2.10. The summed E-state index contributed by atoms with van der Waals surface area (Å²) in [5.41, 5.74) is 14.8. The highest BCUT2D eigenvalue weighted by molar-refractivity contribution is 5.42. The molecule has 7 heteroatoms. The summed E-state index contributed by atoms with van der Waals surface area (Å²) in [6.07, 6.45) is -0.842. The monoisotopic (exact) mass is 223 g/mol. The number of aliphatic hydroxyl groups excluding tert-OH is 2. The standard InChI is InChI=1S/C9H13N5O2/c1-5-2-6(9(10)12-3-5)8(16)7(15)4-13-14-11/h2-3,7-8,15-16H,4H2,1H3,(H2,10,12). The molecule has 2 atom stereocenters. The summed E-state index contributed by atoms with van der Waals surface area (Å²) >= 11 is 0. The summed E-state index contributed by atoms with van der Waals surface area (Å²) < 4.78 is 0. The lowest BCUT2D eigenvalue weighted by Gasteiger charge is -2.17.